The minimum absolute atomic E-state index is 0.388. The van der Waals surface area contributed by atoms with E-state index < -0.39 is 11.7 Å². The van der Waals surface area contributed by atoms with Crippen molar-refractivity contribution in [2.75, 3.05) is 125 Å². The summed E-state index contributed by atoms with van der Waals surface area (Å²) in [5, 5.41) is 2.63. The lowest BCUT2D eigenvalue weighted by molar-refractivity contribution is -0.0250. The molecule has 0 aliphatic heterocycles. The first kappa shape index (κ1) is 37.9. The number of hydrogen-bond acceptors (Lipinski definition) is 11. The maximum atomic E-state index is 11.5. The van der Waals surface area contributed by atoms with Crippen LogP contribution in [0.1, 0.15) is 40.5 Å². The molecular formula is C27H55NO11. The van der Waals surface area contributed by atoms with Crippen molar-refractivity contribution in [3.05, 3.63) is 0 Å². The summed E-state index contributed by atoms with van der Waals surface area (Å²) in [5.41, 5.74) is -0.505. The highest BCUT2D eigenvalue weighted by Crippen LogP contribution is 2.06. The van der Waals surface area contributed by atoms with Gasteiger partial charge in [0.15, 0.2) is 0 Å². The first-order valence-electron chi connectivity index (χ1n) is 14.1. The Kier molecular flexibility index (Phi) is 29.0. The zero-order chi connectivity index (χ0) is 28.7. The Bertz CT molecular complexity index is 507. The van der Waals surface area contributed by atoms with Crippen molar-refractivity contribution in [1.82, 2.24) is 5.32 Å². The zero-order valence-corrected chi connectivity index (χ0v) is 24.8. The van der Waals surface area contributed by atoms with Crippen LogP contribution in [0.25, 0.3) is 0 Å². The fourth-order valence-corrected chi connectivity index (χ4v) is 2.65. The number of alkyl carbamates (subject to hydrolysis) is 1. The molecule has 1 amide bonds. The molecule has 0 aromatic rings. The molecule has 1 N–H and O–H groups in total. The van der Waals surface area contributed by atoms with E-state index in [-0.39, 0.29) is 0 Å². The number of carbonyl (C=O) groups is 1. The van der Waals surface area contributed by atoms with E-state index in [0.29, 0.717) is 119 Å². The van der Waals surface area contributed by atoms with Crippen LogP contribution in [0, 0.1) is 0 Å². The molecule has 0 fully saturated rings. The number of nitrogens with one attached hydrogen (secondary N) is 1. The molecule has 0 bridgehead atoms. The van der Waals surface area contributed by atoms with Gasteiger partial charge >= 0.3 is 6.09 Å². The Morgan fingerprint density at radius 3 is 1.05 bits per heavy atom. The third kappa shape index (κ3) is 34.9. The van der Waals surface area contributed by atoms with Crippen molar-refractivity contribution in [1.29, 1.82) is 0 Å². The van der Waals surface area contributed by atoms with Crippen LogP contribution in [0.4, 0.5) is 4.79 Å². The molecule has 0 aliphatic rings. The van der Waals surface area contributed by atoms with Gasteiger partial charge in [-0.2, -0.15) is 0 Å². The van der Waals surface area contributed by atoms with Crippen molar-refractivity contribution in [2.45, 2.75) is 46.1 Å². The van der Waals surface area contributed by atoms with Crippen LogP contribution in [0.3, 0.4) is 0 Å². The van der Waals surface area contributed by atoms with E-state index in [2.05, 4.69) is 12.2 Å². The van der Waals surface area contributed by atoms with Crippen LogP contribution >= 0.6 is 0 Å². The van der Waals surface area contributed by atoms with Gasteiger partial charge < -0.3 is 52.7 Å². The largest absolute Gasteiger partial charge is 0.444 e. The summed E-state index contributed by atoms with van der Waals surface area (Å²) in [6.45, 7) is 17.5. The fraction of sp³-hybridized carbons (Fsp3) is 0.963. The molecule has 39 heavy (non-hydrogen) atoms. The molecule has 12 nitrogen and oxygen atoms in total. The Labute approximate surface area is 235 Å². The maximum absolute atomic E-state index is 11.5. The molecule has 0 heterocycles. The molecule has 0 aromatic carbocycles. The van der Waals surface area contributed by atoms with Crippen molar-refractivity contribution < 1.29 is 52.2 Å². The summed E-state index contributed by atoms with van der Waals surface area (Å²) >= 11 is 0. The third-order valence-corrected chi connectivity index (χ3v) is 4.53. The first-order valence-corrected chi connectivity index (χ1v) is 14.1. The number of amides is 1. The zero-order valence-electron chi connectivity index (χ0n) is 24.8. The standard InChI is InChI=1S/C27H55NO11/c1-5-6-8-30-10-12-32-14-16-34-18-20-36-22-24-38-25-23-37-21-19-35-17-15-33-13-11-31-9-7-28-26(29)39-27(2,3)4/h5-25H2,1-4H3,(H,28,29). The molecular weight excluding hydrogens is 514 g/mol. The molecule has 0 spiro atoms. The van der Waals surface area contributed by atoms with Gasteiger partial charge in [-0.05, 0) is 27.2 Å². The minimum Gasteiger partial charge on any atom is -0.444 e. The van der Waals surface area contributed by atoms with Gasteiger partial charge in [-0.15, -0.1) is 0 Å². The summed E-state index contributed by atoms with van der Waals surface area (Å²) in [5.74, 6) is 0. The lowest BCUT2D eigenvalue weighted by Crippen LogP contribution is -2.34. The number of unbranched alkanes of at least 4 members (excludes halogenated alkanes) is 1. The molecule has 0 saturated carbocycles. The van der Waals surface area contributed by atoms with Crippen molar-refractivity contribution in [2.24, 2.45) is 0 Å². The number of ether oxygens (including phenoxy) is 10. The highest BCUT2D eigenvalue weighted by Gasteiger charge is 2.15. The second-order valence-corrected chi connectivity index (χ2v) is 9.29. The maximum Gasteiger partial charge on any atom is 0.407 e. The normalized spacial score (nSPS) is 11.7. The molecule has 234 valence electrons. The molecule has 12 heteroatoms. The summed E-state index contributed by atoms with van der Waals surface area (Å²) < 4.78 is 54.0. The molecule has 0 unspecified atom stereocenters. The summed E-state index contributed by atoms with van der Waals surface area (Å²) in [6.07, 6.45) is 1.79. The van der Waals surface area contributed by atoms with Crippen LogP contribution in [0.5, 0.6) is 0 Å². The fourth-order valence-electron chi connectivity index (χ4n) is 2.65. The Morgan fingerprint density at radius 2 is 0.769 bits per heavy atom. The number of carbonyl (C=O) groups excluding carboxylic acids is 1. The quantitative estimate of drug-likeness (QED) is 0.128. The van der Waals surface area contributed by atoms with E-state index in [1.807, 2.05) is 20.8 Å². The lowest BCUT2D eigenvalue weighted by Gasteiger charge is -2.19. The van der Waals surface area contributed by atoms with E-state index in [1.165, 1.54) is 0 Å². The van der Waals surface area contributed by atoms with E-state index in [4.69, 9.17) is 47.4 Å². The predicted octanol–water partition coefficient (Wildman–Crippen LogP) is 2.46. The van der Waals surface area contributed by atoms with Crippen LogP contribution in [-0.4, -0.2) is 137 Å². The number of rotatable bonds is 30. The molecule has 0 atom stereocenters. The molecule has 0 radical (unpaired) electrons. The highest BCUT2D eigenvalue weighted by molar-refractivity contribution is 5.67. The number of hydrogen-bond donors (Lipinski definition) is 1. The predicted molar refractivity (Wildman–Crippen MR) is 147 cm³/mol. The molecule has 0 saturated heterocycles. The molecule has 0 aromatic heterocycles. The lowest BCUT2D eigenvalue weighted by atomic mass is 10.2. The van der Waals surface area contributed by atoms with E-state index >= 15 is 0 Å². The first-order chi connectivity index (χ1) is 19.0. The Morgan fingerprint density at radius 1 is 0.487 bits per heavy atom. The van der Waals surface area contributed by atoms with Gasteiger partial charge in [0.25, 0.3) is 0 Å². The SMILES string of the molecule is CCCCOCCOCCOCCOCCOCCOCCOCCOCCOCCNC(=O)OC(C)(C)C. The van der Waals surface area contributed by atoms with Gasteiger partial charge in [0.1, 0.15) is 5.60 Å². The van der Waals surface area contributed by atoms with Crippen LogP contribution in [0.15, 0.2) is 0 Å². The van der Waals surface area contributed by atoms with Gasteiger partial charge in [-0.25, -0.2) is 4.79 Å². The van der Waals surface area contributed by atoms with Gasteiger partial charge in [-0.3, -0.25) is 0 Å². The van der Waals surface area contributed by atoms with Gasteiger partial charge in [0.2, 0.25) is 0 Å². The van der Waals surface area contributed by atoms with Gasteiger partial charge in [-0.1, -0.05) is 13.3 Å². The average molecular weight is 570 g/mol. The Balaban J connectivity index is 3.09. The topological polar surface area (TPSA) is 121 Å². The van der Waals surface area contributed by atoms with Crippen molar-refractivity contribution in [3.8, 4) is 0 Å². The van der Waals surface area contributed by atoms with E-state index in [9.17, 15) is 4.79 Å². The van der Waals surface area contributed by atoms with Crippen molar-refractivity contribution >= 4 is 6.09 Å². The monoisotopic (exact) mass is 569 g/mol. The summed E-state index contributed by atoms with van der Waals surface area (Å²) in [7, 11) is 0. The summed E-state index contributed by atoms with van der Waals surface area (Å²) in [4.78, 5) is 11.5. The summed E-state index contributed by atoms with van der Waals surface area (Å²) in [6, 6.07) is 0. The minimum atomic E-state index is -0.505. The molecule has 0 aliphatic carbocycles. The van der Waals surface area contributed by atoms with Crippen LogP contribution in [-0.2, 0) is 47.4 Å². The Hall–Kier alpha value is -1.09. The van der Waals surface area contributed by atoms with Crippen molar-refractivity contribution in [3.63, 3.8) is 0 Å². The van der Waals surface area contributed by atoms with Gasteiger partial charge in [0, 0.05) is 13.2 Å². The van der Waals surface area contributed by atoms with Gasteiger partial charge in [0.05, 0.1) is 112 Å². The third-order valence-electron chi connectivity index (χ3n) is 4.53. The van der Waals surface area contributed by atoms with E-state index in [0.717, 1.165) is 19.4 Å². The van der Waals surface area contributed by atoms with Crippen LogP contribution in [0.2, 0.25) is 0 Å². The van der Waals surface area contributed by atoms with E-state index in [1.54, 1.807) is 0 Å². The second kappa shape index (κ2) is 29.9. The average Bonchev–Trinajstić information content (AvgIpc) is 2.88. The smallest absolute Gasteiger partial charge is 0.407 e. The second-order valence-electron chi connectivity index (χ2n) is 9.29. The molecule has 0 rings (SSSR count). The van der Waals surface area contributed by atoms with Crippen LogP contribution < -0.4 is 5.32 Å². The highest BCUT2D eigenvalue weighted by atomic mass is 16.6.